The molecule has 2 heterocycles. The molecule has 0 atom stereocenters. The van der Waals surface area contributed by atoms with Crippen molar-refractivity contribution in [2.75, 3.05) is 25.1 Å². The normalized spacial score (nSPS) is 15.0. The number of hydrogen-bond acceptors (Lipinski definition) is 5. The van der Waals surface area contributed by atoms with Gasteiger partial charge in [-0.15, -0.1) is 0 Å². The highest BCUT2D eigenvalue weighted by atomic mass is 16.5. The molecule has 2 aromatic rings. The molecule has 0 aliphatic carbocycles. The van der Waals surface area contributed by atoms with Gasteiger partial charge in [-0.25, -0.2) is 4.68 Å². The van der Waals surface area contributed by atoms with E-state index in [1.54, 1.807) is 50.7 Å². The summed E-state index contributed by atoms with van der Waals surface area (Å²) in [5, 5.41) is 7.13. The van der Waals surface area contributed by atoms with E-state index in [-0.39, 0.29) is 17.5 Å². The van der Waals surface area contributed by atoms with E-state index in [2.05, 4.69) is 15.3 Å². The van der Waals surface area contributed by atoms with E-state index in [1.807, 2.05) is 0 Å². The lowest BCUT2D eigenvalue weighted by Gasteiger charge is -2.33. The molecule has 1 aliphatic rings. The summed E-state index contributed by atoms with van der Waals surface area (Å²) in [7, 11) is 3.23. The van der Waals surface area contributed by atoms with E-state index in [0.717, 1.165) is 37.4 Å². The Morgan fingerprint density at radius 1 is 1.24 bits per heavy atom. The Bertz CT molecular complexity index is 793. The molecule has 7 nitrogen and oxygen atoms in total. The van der Waals surface area contributed by atoms with Crippen molar-refractivity contribution in [3.05, 3.63) is 52.4 Å². The third-order valence-electron chi connectivity index (χ3n) is 4.50. The van der Waals surface area contributed by atoms with Gasteiger partial charge in [0.15, 0.2) is 0 Å². The zero-order valence-corrected chi connectivity index (χ0v) is 14.4. The molecule has 1 N–H and O–H groups in total. The fourth-order valence-corrected chi connectivity index (χ4v) is 2.93. The van der Waals surface area contributed by atoms with Crippen LogP contribution in [0.4, 0.5) is 5.69 Å². The highest BCUT2D eigenvalue weighted by Crippen LogP contribution is 2.18. The number of benzene rings is 1. The van der Waals surface area contributed by atoms with Crippen molar-refractivity contribution in [1.82, 2.24) is 15.1 Å². The summed E-state index contributed by atoms with van der Waals surface area (Å²) in [5.74, 6) is 0.656. The molecule has 0 saturated carbocycles. The minimum absolute atomic E-state index is 0.0728. The first-order valence-corrected chi connectivity index (χ1v) is 8.30. The van der Waals surface area contributed by atoms with E-state index in [1.165, 1.54) is 4.68 Å². The maximum absolute atomic E-state index is 12.3. The summed E-state index contributed by atoms with van der Waals surface area (Å²) < 4.78 is 6.41. The zero-order valence-electron chi connectivity index (χ0n) is 14.4. The number of anilines is 1. The van der Waals surface area contributed by atoms with Crippen molar-refractivity contribution in [3.8, 4) is 5.75 Å². The van der Waals surface area contributed by atoms with Crippen LogP contribution in [0.1, 0.15) is 23.2 Å². The van der Waals surface area contributed by atoms with E-state index in [4.69, 9.17) is 4.74 Å². The third kappa shape index (κ3) is 3.99. The fourth-order valence-electron chi connectivity index (χ4n) is 2.93. The number of nitrogens with zero attached hydrogens (tertiary/aromatic N) is 3. The highest BCUT2D eigenvalue weighted by Gasteiger charge is 2.22. The zero-order chi connectivity index (χ0) is 17.8. The SMILES string of the molecule is COc1ccc(C(=O)NC2CCN(c3cnn(C)c(=O)c3)CC2)cc1. The quantitative estimate of drug-likeness (QED) is 0.903. The second-order valence-electron chi connectivity index (χ2n) is 6.14. The van der Waals surface area contributed by atoms with Gasteiger partial charge in [0.2, 0.25) is 0 Å². The Morgan fingerprint density at radius 2 is 1.92 bits per heavy atom. The number of piperidine rings is 1. The molecular formula is C18H22N4O3. The monoisotopic (exact) mass is 342 g/mol. The number of ether oxygens (including phenoxy) is 1. The summed E-state index contributed by atoms with van der Waals surface area (Å²) in [6.07, 6.45) is 3.37. The molecule has 0 bridgehead atoms. The molecule has 1 fully saturated rings. The van der Waals surface area contributed by atoms with Crippen molar-refractivity contribution in [3.63, 3.8) is 0 Å². The van der Waals surface area contributed by atoms with Crippen LogP contribution in [0, 0.1) is 0 Å². The average Bonchev–Trinajstić information content (AvgIpc) is 2.64. The Balaban J connectivity index is 1.55. The maximum Gasteiger partial charge on any atom is 0.268 e. The predicted octanol–water partition coefficient (Wildman–Crippen LogP) is 1.19. The number of carbonyl (C=O) groups excluding carboxylic acids is 1. The summed E-state index contributed by atoms with van der Waals surface area (Å²) >= 11 is 0. The number of aryl methyl sites for hydroxylation is 1. The van der Waals surface area contributed by atoms with E-state index < -0.39 is 0 Å². The Hall–Kier alpha value is -2.83. The standard InChI is InChI=1S/C18H22N4O3/c1-21-17(23)11-15(12-19-21)22-9-7-14(8-10-22)20-18(24)13-3-5-16(25-2)6-4-13/h3-6,11-12,14H,7-10H2,1-2H3,(H,20,24). The van der Waals surface area contributed by atoms with Crippen LogP contribution in [0.5, 0.6) is 5.75 Å². The number of hydrogen-bond donors (Lipinski definition) is 1. The van der Waals surface area contributed by atoms with Crippen molar-refractivity contribution >= 4 is 11.6 Å². The summed E-state index contributed by atoms with van der Waals surface area (Å²) in [6.45, 7) is 1.56. The molecule has 0 radical (unpaired) electrons. The minimum atomic E-state index is -0.118. The summed E-state index contributed by atoms with van der Waals surface area (Å²) in [6, 6.07) is 8.80. The number of methoxy groups -OCH3 is 1. The van der Waals surface area contributed by atoms with Crippen LogP contribution in [0.25, 0.3) is 0 Å². The van der Waals surface area contributed by atoms with E-state index in [0.29, 0.717) is 5.56 Å². The molecule has 1 aromatic heterocycles. The van der Waals surface area contributed by atoms with Crippen LogP contribution in [-0.4, -0.2) is 41.9 Å². The number of amides is 1. The van der Waals surface area contributed by atoms with Crippen LogP contribution in [0.15, 0.2) is 41.3 Å². The van der Waals surface area contributed by atoms with E-state index in [9.17, 15) is 9.59 Å². The highest BCUT2D eigenvalue weighted by molar-refractivity contribution is 5.94. The number of nitrogens with one attached hydrogen (secondary N) is 1. The summed E-state index contributed by atoms with van der Waals surface area (Å²) in [5.41, 5.74) is 1.34. The van der Waals surface area contributed by atoms with Crippen molar-refractivity contribution in [1.29, 1.82) is 0 Å². The molecule has 7 heteroatoms. The Labute approximate surface area is 146 Å². The number of carbonyl (C=O) groups is 1. The van der Waals surface area contributed by atoms with Crippen LogP contribution in [0.3, 0.4) is 0 Å². The Kier molecular flexibility index (Phi) is 5.02. The van der Waals surface area contributed by atoms with Gasteiger partial charge in [0.1, 0.15) is 5.75 Å². The molecule has 1 amide bonds. The third-order valence-corrected chi connectivity index (χ3v) is 4.50. The second-order valence-corrected chi connectivity index (χ2v) is 6.14. The molecule has 3 rings (SSSR count). The lowest BCUT2D eigenvalue weighted by atomic mass is 10.0. The fraction of sp³-hybridized carbons (Fsp3) is 0.389. The van der Waals surface area contributed by atoms with Crippen molar-refractivity contribution in [2.45, 2.75) is 18.9 Å². The molecule has 1 aliphatic heterocycles. The number of rotatable bonds is 4. The van der Waals surface area contributed by atoms with Crippen molar-refractivity contribution < 1.29 is 9.53 Å². The first-order valence-electron chi connectivity index (χ1n) is 8.30. The Morgan fingerprint density at radius 3 is 2.52 bits per heavy atom. The predicted molar refractivity (Wildman–Crippen MR) is 95.2 cm³/mol. The number of aromatic nitrogens is 2. The molecule has 25 heavy (non-hydrogen) atoms. The van der Waals surface area contributed by atoms with E-state index >= 15 is 0 Å². The molecule has 0 unspecified atom stereocenters. The van der Waals surface area contributed by atoms with Crippen LogP contribution in [0.2, 0.25) is 0 Å². The van der Waals surface area contributed by atoms with Gasteiger partial charge < -0.3 is 15.0 Å². The first-order chi connectivity index (χ1) is 12.1. The molecule has 1 aromatic carbocycles. The maximum atomic E-state index is 12.3. The van der Waals surface area contributed by atoms with Crippen LogP contribution in [-0.2, 0) is 7.05 Å². The average molecular weight is 342 g/mol. The lowest BCUT2D eigenvalue weighted by Crippen LogP contribution is -2.45. The molecule has 0 spiro atoms. The molecule has 1 saturated heterocycles. The van der Waals surface area contributed by atoms with Crippen molar-refractivity contribution in [2.24, 2.45) is 7.05 Å². The lowest BCUT2D eigenvalue weighted by molar-refractivity contribution is 0.0931. The summed E-state index contributed by atoms with van der Waals surface area (Å²) in [4.78, 5) is 26.2. The van der Waals surface area contributed by atoms with Crippen LogP contribution < -0.4 is 20.5 Å². The largest absolute Gasteiger partial charge is 0.497 e. The first kappa shape index (κ1) is 17.0. The van der Waals surface area contributed by atoms with Crippen LogP contribution >= 0.6 is 0 Å². The van der Waals surface area contributed by atoms with Gasteiger partial charge in [-0.2, -0.15) is 5.10 Å². The molecule has 132 valence electrons. The smallest absolute Gasteiger partial charge is 0.268 e. The molecular weight excluding hydrogens is 320 g/mol. The minimum Gasteiger partial charge on any atom is -0.497 e. The van der Waals surface area contributed by atoms with Gasteiger partial charge in [0, 0.05) is 37.8 Å². The second kappa shape index (κ2) is 7.38. The van der Waals surface area contributed by atoms with Gasteiger partial charge in [0.25, 0.3) is 11.5 Å². The van der Waals surface area contributed by atoms with Gasteiger partial charge in [-0.3, -0.25) is 9.59 Å². The van der Waals surface area contributed by atoms with Gasteiger partial charge in [-0.05, 0) is 37.1 Å². The van der Waals surface area contributed by atoms with Gasteiger partial charge >= 0.3 is 0 Å². The topological polar surface area (TPSA) is 76.5 Å². The van der Waals surface area contributed by atoms with Gasteiger partial charge in [-0.1, -0.05) is 0 Å². The van der Waals surface area contributed by atoms with Gasteiger partial charge in [0.05, 0.1) is 19.0 Å².